The third kappa shape index (κ3) is 10.3. The number of hydrogen-bond acceptors (Lipinski definition) is 5. The Balaban J connectivity index is 1.48. The number of benzene rings is 2. The van der Waals surface area contributed by atoms with Crippen LogP contribution in [0.3, 0.4) is 0 Å². The maximum atomic E-state index is 13.0. The number of carboxylic acid groups (broad SMARTS) is 1. The van der Waals surface area contributed by atoms with Crippen molar-refractivity contribution in [2.75, 3.05) is 32.9 Å². The average molecular weight is 513 g/mol. The summed E-state index contributed by atoms with van der Waals surface area (Å²) in [6, 6.07) is 17.2. The molecule has 2 N–H and O–H groups in total. The number of nitrogens with zero attached hydrogens (tertiary/aromatic N) is 1. The summed E-state index contributed by atoms with van der Waals surface area (Å²) in [5, 5.41) is 12.5. The second-order valence-electron chi connectivity index (χ2n) is 9.27. The number of carboxylic acids is 1. The highest BCUT2D eigenvalue weighted by molar-refractivity contribution is 5.74. The van der Waals surface area contributed by atoms with Gasteiger partial charge in [0.05, 0.1) is 13.2 Å². The molecule has 2 aromatic rings. The van der Waals surface area contributed by atoms with Gasteiger partial charge >= 0.3 is 12.0 Å². The van der Waals surface area contributed by atoms with Crippen LogP contribution in [0, 0.1) is 0 Å². The van der Waals surface area contributed by atoms with Crippen LogP contribution >= 0.6 is 0 Å². The highest BCUT2D eigenvalue weighted by Gasteiger charge is 2.20. The third-order valence-electron chi connectivity index (χ3n) is 6.42. The maximum absolute atomic E-state index is 13.0. The molecule has 8 heteroatoms. The summed E-state index contributed by atoms with van der Waals surface area (Å²) < 4.78 is 17.0. The Morgan fingerprint density at radius 2 is 1.62 bits per heavy atom. The molecule has 0 aromatic heterocycles. The Morgan fingerprint density at radius 1 is 0.946 bits per heavy atom. The van der Waals surface area contributed by atoms with Gasteiger partial charge in [-0.15, -0.1) is 0 Å². The molecule has 1 aliphatic carbocycles. The van der Waals surface area contributed by atoms with Crippen LogP contribution in [-0.4, -0.2) is 67.1 Å². The molecule has 2 amide bonds. The van der Waals surface area contributed by atoms with Crippen molar-refractivity contribution in [1.82, 2.24) is 10.2 Å². The van der Waals surface area contributed by atoms with E-state index in [1.807, 2.05) is 54.6 Å². The van der Waals surface area contributed by atoms with Gasteiger partial charge < -0.3 is 29.5 Å². The third-order valence-corrected chi connectivity index (χ3v) is 6.42. The molecule has 1 saturated carbocycles. The van der Waals surface area contributed by atoms with Gasteiger partial charge in [-0.25, -0.2) is 9.59 Å². The van der Waals surface area contributed by atoms with Gasteiger partial charge in [-0.2, -0.15) is 0 Å². The van der Waals surface area contributed by atoms with Gasteiger partial charge in [0.25, 0.3) is 0 Å². The number of ether oxygens (including phenoxy) is 3. The zero-order valence-electron chi connectivity index (χ0n) is 21.8. The van der Waals surface area contributed by atoms with E-state index in [4.69, 9.17) is 14.2 Å². The lowest BCUT2D eigenvalue weighted by molar-refractivity contribution is -0.149. The van der Waals surface area contributed by atoms with Gasteiger partial charge in [-0.1, -0.05) is 49.6 Å². The van der Waals surface area contributed by atoms with Gasteiger partial charge in [-0.3, -0.25) is 0 Å². The number of amides is 2. The fraction of sp³-hybridized carbons (Fsp3) is 0.517. The predicted molar refractivity (Wildman–Crippen MR) is 142 cm³/mol. The van der Waals surface area contributed by atoms with Crippen LogP contribution < -0.4 is 14.8 Å². The van der Waals surface area contributed by atoms with Crippen LogP contribution in [0.1, 0.15) is 51.0 Å². The number of aliphatic carboxylic acids is 1. The molecule has 2 aromatic carbocycles. The van der Waals surface area contributed by atoms with Crippen LogP contribution in [0.4, 0.5) is 4.79 Å². The largest absolute Gasteiger partial charge is 0.494 e. The number of carbonyl (C=O) groups is 2. The van der Waals surface area contributed by atoms with Crippen molar-refractivity contribution < 1.29 is 28.9 Å². The Labute approximate surface area is 219 Å². The van der Waals surface area contributed by atoms with Gasteiger partial charge in [0.1, 0.15) is 18.1 Å². The molecule has 1 aliphatic rings. The lowest BCUT2D eigenvalue weighted by atomic mass is 9.96. The minimum Gasteiger partial charge on any atom is -0.494 e. The molecule has 8 nitrogen and oxygen atoms in total. The van der Waals surface area contributed by atoms with Crippen molar-refractivity contribution >= 4 is 12.0 Å². The van der Waals surface area contributed by atoms with Gasteiger partial charge in [0, 0.05) is 25.6 Å². The molecule has 1 unspecified atom stereocenters. The second kappa shape index (κ2) is 15.8. The summed E-state index contributed by atoms with van der Waals surface area (Å²) in [5.41, 5.74) is 0.861. The van der Waals surface area contributed by atoms with Gasteiger partial charge in [-0.05, 0) is 56.0 Å². The van der Waals surface area contributed by atoms with Crippen molar-refractivity contribution in [3.8, 4) is 11.5 Å². The highest BCUT2D eigenvalue weighted by Crippen LogP contribution is 2.18. The van der Waals surface area contributed by atoms with Crippen molar-refractivity contribution in [3.63, 3.8) is 0 Å². The predicted octanol–water partition coefficient (Wildman–Crippen LogP) is 4.91. The number of carbonyl (C=O) groups excluding carboxylic acids is 1. The zero-order chi connectivity index (χ0) is 26.3. The normalized spacial score (nSPS) is 14.5. The van der Waals surface area contributed by atoms with E-state index in [0.717, 1.165) is 37.0 Å². The number of para-hydroxylation sites is 1. The monoisotopic (exact) mass is 512 g/mol. The number of urea groups is 1. The van der Waals surface area contributed by atoms with E-state index in [2.05, 4.69) is 5.32 Å². The molecule has 0 aliphatic heterocycles. The van der Waals surface area contributed by atoms with Crippen LogP contribution in [-0.2, 0) is 16.0 Å². The molecule has 0 heterocycles. The lowest BCUT2D eigenvalue weighted by Crippen LogP contribution is -2.47. The van der Waals surface area contributed by atoms with E-state index < -0.39 is 12.1 Å². The first kappa shape index (κ1) is 28.3. The molecule has 0 saturated heterocycles. The summed E-state index contributed by atoms with van der Waals surface area (Å²) >= 11 is 0. The smallest absolute Gasteiger partial charge is 0.333 e. The number of hydrogen-bond donors (Lipinski definition) is 2. The number of nitrogens with one attached hydrogen (secondary N) is 1. The highest BCUT2D eigenvalue weighted by atomic mass is 16.5. The Hall–Kier alpha value is -3.26. The van der Waals surface area contributed by atoms with Crippen molar-refractivity contribution in [2.45, 2.75) is 64.0 Å². The van der Waals surface area contributed by atoms with E-state index in [9.17, 15) is 14.7 Å². The molecule has 0 radical (unpaired) electrons. The summed E-state index contributed by atoms with van der Waals surface area (Å²) in [4.78, 5) is 26.2. The fourth-order valence-corrected chi connectivity index (χ4v) is 4.42. The second-order valence-corrected chi connectivity index (χ2v) is 9.27. The molecule has 0 bridgehead atoms. The zero-order valence-corrected chi connectivity index (χ0v) is 21.8. The molecular weight excluding hydrogens is 472 g/mol. The molecule has 3 rings (SSSR count). The Morgan fingerprint density at radius 3 is 2.30 bits per heavy atom. The lowest BCUT2D eigenvalue weighted by Gasteiger charge is -2.28. The minimum atomic E-state index is -0.970. The minimum absolute atomic E-state index is 0.0544. The fourth-order valence-electron chi connectivity index (χ4n) is 4.42. The maximum Gasteiger partial charge on any atom is 0.333 e. The number of rotatable bonds is 15. The van der Waals surface area contributed by atoms with Crippen molar-refractivity contribution in [3.05, 3.63) is 60.2 Å². The first-order chi connectivity index (χ1) is 18.0. The van der Waals surface area contributed by atoms with Crippen molar-refractivity contribution in [1.29, 1.82) is 0 Å². The Kier molecular flexibility index (Phi) is 12.1. The molecule has 1 atom stereocenters. The molecular formula is C29H40N2O6. The summed E-state index contributed by atoms with van der Waals surface area (Å²) in [6.07, 6.45) is 5.77. The average Bonchev–Trinajstić information content (AvgIpc) is 2.91. The van der Waals surface area contributed by atoms with E-state index in [1.54, 1.807) is 11.8 Å². The topological polar surface area (TPSA) is 97.3 Å². The van der Waals surface area contributed by atoms with Gasteiger partial charge in [0.2, 0.25) is 0 Å². The quantitative estimate of drug-likeness (QED) is 0.329. The Bertz CT molecular complexity index is 931. The van der Waals surface area contributed by atoms with E-state index in [1.165, 1.54) is 6.42 Å². The SMILES string of the molecule is CCOC(Cc1ccc(OCCN(CCCOc2ccccc2)C(=O)NC2CCCCC2)cc1)C(=O)O. The summed E-state index contributed by atoms with van der Waals surface area (Å²) in [7, 11) is 0. The van der Waals surface area contributed by atoms with E-state index >= 15 is 0 Å². The van der Waals surface area contributed by atoms with Crippen LogP contribution in [0.5, 0.6) is 11.5 Å². The summed E-state index contributed by atoms with van der Waals surface area (Å²) in [6.45, 7) is 4.04. The molecule has 202 valence electrons. The molecule has 37 heavy (non-hydrogen) atoms. The first-order valence-electron chi connectivity index (χ1n) is 13.3. The van der Waals surface area contributed by atoms with E-state index in [-0.39, 0.29) is 12.1 Å². The van der Waals surface area contributed by atoms with Crippen LogP contribution in [0.2, 0.25) is 0 Å². The standard InChI is InChI=1S/C29H40N2O6/c1-2-35-27(28(32)33)22-23-14-16-26(17-15-23)37-21-19-31(29(34)30-24-10-5-3-6-11-24)18-9-20-36-25-12-7-4-8-13-25/h4,7-8,12-17,24,27H,2-3,5-6,9-11,18-22H2,1H3,(H,30,34)(H,32,33). The first-order valence-corrected chi connectivity index (χ1v) is 13.3. The molecule has 0 spiro atoms. The van der Waals surface area contributed by atoms with Gasteiger partial charge in [0.15, 0.2) is 6.10 Å². The van der Waals surface area contributed by atoms with E-state index in [0.29, 0.717) is 51.5 Å². The molecule has 1 fully saturated rings. The van der Waals surface area contributed by atoms with Crippen molar-refractivity contribution in [2.24, 2.45) is 0 Å². The van der Waals surface area contributed by atoms with Crippen LogP contribution in [0.15, 0.2) is 54.6 Å². The summed E-state index contributed by atoms with van der Waals surface area (Å²) in [5.74, 6) is 0.526. The van der Waals surface area contributed by atoms with Crippen LogP contribution in [0.25, 0.3) is 0 Å².